The van der Waals surface area contributed by atoms with Crippen LogP contribution in [-0.2, 0) is 17.8 Å². The number of nitrogens with one attached hydrogen (secondary N) is 2. The Kier molecular flexibility index (Phi) is 8.64. The number of furan rings is 1. The first-order valence-corrected chi connectivity index (χ1v) is 14.1. The second kappa shape index (κ2) is 12.3. The molecule has 7 heteroatoms. The van der Waals surface area contributed by atoms with Gasteiger partial charge in [0.25, 0.3) is 0 Å². The number of hydrogen-bond donors (Lipinski definition) is 2. The molecule has 3 aromatic rings. The molecule has 0 unspecified atom stereocenters. The van der Waals surface area contributed by atoms with Gasteiger partial charge in [0, 0.05) is 31.2 Å². The van der Waals surface area contributed by atoms with Gasteiger partial charge < -0.3 is 19.8 Å². The van der Waals surface area contributed by atoms with Gasteiger partial charge in [0.1, 0.15) is 23.4 Å². The molecule has 2 saturated heterocycles. The summed E-state index contributed by atoms with van der Waals surface area (Å²) in [5.74, 6) is 2.45. The van der Waals surface area contributed by atoms with Crippen molar-refractivity contribution in [3.05, 3.63) is 76.0 Å². The van der Waals surface area contributed by atoms with Crippen LogP contribution in [0.15, 0.2) is 63.5 Å². The van der Waals surface area contributed by atoms with Gasteiger partial charge in [0.05, 0.1) is 10.9 Å². The number of carbonyl (C=O) groups excluding carboxylic acids is 1. The molecule has 0 radical (unpaired) electrons. The number of aryl methyl sites for hydroxylation is 1. The number of carbonyl (C=O) groups is 1. The number of halogens is 1. The van der Waals surface area contributed by atoms with Crippen LogP contribution in [0.3, 0.4) is 0 Å². The maximum Gasteiger partial charge on any atom is 0.227 e. The first-order valence-electron chi connectivity index (χ1n) is 13.3. The predicted octanol–water partition coefficient (Wildman–Crippen LogP) is 5.47. The van der Waals surface area contributed by atoms with Gasteiger partial charge in [-0.1, -0.05) is 35.9 Å². The third-order valence-electron chi connectivity index (χ3n) is 7.27. The molecule has 0 saturated carbocycles. The largest absolute Gasteiger partial charge is 0.489 e. The van der Waals surface area contributed by atoms with Gasteiger partial charge in [0.15, 0.2) is 0 Å². The van der Waals surface area contributed by atoms with E-state index < -0.39 is 0 Å². The summed E-state index contributed by atoms with van der Waals surface area (Å²) in [6.45, 7) is 6.95. The van der Waals surface area contributed by atoms with E-state index in [1.807, 2.05) is 24.3 Å². The minimum absolute atomic E-state index is 0.0246. The van der Waals surface area contributed by atoms with Crippen molar-refractivity contribution in [2.45, 2.75) is 57.7 Å². The Morgan fingerprint density at radius 2 is 1.81 bits per heavy atom. The molecule has 37 heavy (non-hydrogen) atoms. The third-order valence-corrected chi connectivity index (χ3v) is 7.89. The molecule has 2 aliphatic rings. The van der Waals surface area contributed by atoms with Crippen LogP contribution in [0.5, 0.6) is 5.75 Å². The maximum atomic E-state index is 12.7. The molecule has 6 nitrogen and oxygen atoms in total. The molecule has 196 valence electrons. The number of piperidine rings is 2. The van der Waals surface area contributed by atoms with E-state index in [0.717, 1.165) is 80.0 Å². The number of amides is 1. The van der Waals surface area contributed by atoms with Gasteiger partial charge in [-0.25, -0.2) is 0 Å². The minimum Gasteiger partial charge on any atom is -0.489 e. The van der Waals surface area contributed by atoms with Gasteiger partial charge in [-0.3, -0.25) is 9.69 Å². The number of hydrogen-bond acceptors (Lipinski definition) is 5. The van der Waals surface area contributed by atoms with Gasteiger partial charge in [0.2, 0.25) is 5.91 Å². The van der Waals surface area contributed by atoms with Crippen molar-refractivity contribution in [3.8, 4) is 17.1 Å². The molecule has 0 atom stereocenters. The Labute approximate surface area is 227 Å². The molecule has 1 amide bonds. The normalized spacial score (nSPS) is 17.6. The van der Waals surface area contributed by atoms with Crippen molar-refractivity contribution >= 4 is 21.8 Å². The SMILES string of the molecule is Cc1ccc(-c2ccc(CC(=O)NC3CCN(Cc4ccc(OC5CCNCC5)c(Br)c4)CC3)o2)cc1. The third kappa shape index (κ3) is 7.24. The van der Waals surface area contributed by atoms with Crippen molar-refractivity contribution in [1.82, 2.24) is 15.5 Å². The lowest BCUT2D eigenvalue weighted by molar-refractivity contribution is -0.121. The average molecular weight is 567 g/mol. The van der Waals surface area contributed by atoms with Crippen LogP contribution in [0.2, 0.25) is 0 Å². The Balaban J connectivity index is 1.05. The van der Waals surface area contributed by atoms with Crippen LogP contribution in [0, 0.1) is 6.92 Å². The van der Waals surface area contributed by atoms with Crippen molar-refractivity contribution in [3.63, 3.8) is 0 Å². The molecule has 2 fully saturated rings. The Hall–Kier alpha value is -2.61. The molecule has 2 N–H and O–H groups in total. The highest BCUT2D eigenvalue weighted by atomic mass is 79.9. The van der Waals surface area contributed by atoms with E-state index in [1.165, 1.54) is 11.1 Å². The zero-order valence-electron chi connectivity index (χ0n) is 21.5. The number of nitrogens with zero attached hydrogens (tertiary/aromatic N) is 1. The quantitative estimate of drug-likeness (QED) is 0.379. The number of likely N-dealkylation sites (tertiary alicyclic amines) is 1. The summed E-state index contributed by atoms with van der Waals surface area (Å²) in [4.78, 5) is 15.1. The fraction of sp³-hybridized carbons (Fsp3) is 0.433. The van der Waals surface area contributed by atoms with Crippen LogP contribution in [0.1, 0.15) is 42.6 Å². The Morgan fingerprint density at radius 3 is 2.54 bits per heavy atom. The van der Waals surface area contributed by atoms with E-state index in [0.29, 0.717) is 11.9 Å². The van der Waals surface area contributed by atoms with Gasteiger partial charge >= 0.3 is 0 Å². The summed E-state index contributed by atoms with van der Waals surface area (Å²) in [6, 6.07) is 18.7. The molecule has 0 aliphatic carbocycles. The van der Waals surface area contributed by atoms with Crippen LogP contribution in [0.25, 0.3) is 11.3 Å². The smallest absolute Gasteiger partial charge is 0.227 e. The van der Waals surface area contributed by atoms with Crippen molar-refractivity contribution in [2.24, 2.45) is 0 Å². The van der Waals surface area contributed by atoms with Crippen LogP contribution < -0.4 is 15.4 Å². The van der Waals surface area contributed by atoms with Crippen LogP contribution in [-0.4, -0.2) is 49.1 Å². The molecule has 3 heterocycles. The molecular formula is C30H36BrN3O3. The second-order valence-corrected chi connectivity index (χ2v) is 11.1. The number of rotatable bonds is 8. The average Bonchev–Trinajstić information content (AvgIpc) is 3.36. The summed E-state index contributed by atoms with van der Waals surface area (Å²) < 4.78 is 13.2. The summed E-state index contributed by atoms with van der Waals surface area (Å²) in [6.07, 6.45) is 4.57. The fourth-order valence-corrected chi connectivity index (χ4v) is 5.63. The molecule has 0 bridgehead atoms. The lowest BCUT2D eigenvalue weighted by Crippen LogP contribution is -2.44. The standard InChI is InChI=1S/C30H36BrN3O3/c1-21-2-5-23(6-3-21)28-9-7-26(37-28)19-30(35)33-24-12-16-34(17-13-24)20-22-4-8-29(27(31)18-22)36-25-10-14-32-15-11-25/h2-9,18,24-25,32H,10-17,19-20H2,1H3,(H,33,35). The zero-order chi connectivity index (χ0) is 25.6. The molecule has 0 spiro atoms. The fourth-order valence-electron chi connectivity index (χ4n) is 5.11. The summed E-state index contributed by atoms with van der Waals surface area (Å²) in [7, 11) is 0. The summed E-state index contributed by atoms with van der Waals surface area (Å²) in [5, 5.41) is 6.59. The summed E-state index contributed by atoms with van der Waals surface area (Å²) >= 11 is 3.71. The summed E-state index contributed by atoms with van der Waals surface area (Å²) in [5.41, 5.74) is 3.51. The van der Waals surface area contributed by atoms with E-state index in [2.05, 4.69) is 68.7 Å². The first kappa shape index (κ1) is 26.0. The predicted molar refractivity (Wildman–Crippen MR) is 150 cm³/mol. The first-order chi connectivity index (χ1) is 18.0. The topological polar surface area (TPSA) is 66.7 Å². The molecule has 2 aromatic carbocycles. The molecule has 1 aromatic heterocycles. The lowest BCUT2D eigenvalue weighted by Gasteiger charge is -2.32. The van der Waals surface area contributed by atoms with Gasteiger partial charge in [-0.15, -0.1) is 0 Å². The van der Waals surface area contributed by atoms with Crippen molar-refractivity contribution in [2.75, 3.05) is 26.2 Å². The van der Waals surface area contributed by atoms with Crippen LogP contribution in [0.4, 0.5) is 0 Å². The van der Waals surface area contributed by atoms with E-state index >= 15 is 0 Å². The highest BCUT2D eigenvalue weighted by molar-refractivity contribution is 9.10. The van der Waals surface area contributed by atoms with Crippen molar-refractivity contribution in [1.29, 1.82) is 0 Å². The van der Waals surface area contributed by atoms with Crippen LogP contribution >= 0.6 is 15.9 Å². The second-order valence-electron chi connectivity index (χ2n) is 10.3. The van der Waals surface area contributed by atoms with Gasteiger partial charge in [-0.2, -0.15) is 0 Å². The highest BCUT2D eigenvalue weighted by Gasteiger charge is 2.22. The van der Waals surface area contributed by atoms with Crippen molar-refractivity contribution < 1.29 is 13.9 Å². The van der Waals surface area contributed by atoms with E-state index in [4.69, 9.17) is 9.15 Å². The molecular weight excluding hydrogens is 530 g/mol. The lowest BCUT2D eigenvalue weighted by atomic mass is 10.0. The minimum atomic E-state index is 0.0246. The number of benzene rings is 2. The van der Waals surface area contributed by atoms with E-state index in [-0.39, 0.29) is 18.4 Å². The highest BCUT2D eigenvalue weighted by Crippen LogP contribution is 2.29. The van der Waals surface area contributed by atoms with E-state index in [9.17, 15) is 4.79 Å². The molecule has 2 aliphatic heterocycles. The maximum absolute atomic E-state index is 12.7. The van der Waals surface area contributed by atoms with Gasteiger partial charge in [-0.05, 0) is 91.5 Å². The monoisotopic (exact) mass is 565 g/mol. The number of ether oxygens (including phenoxy) is 1. The molecule has 5 rings (SSSR count). The van der Waals surface area contributed by atoms with E-state index in [1.54, 1.807) is 0 Å². The Bertz CT molecular complexity index is 1180. The Morgan fingerprint density at radius 1 is 1.05 bits per heavy atom. The zero-order valence-corrected chi connectivity index (χ0v) is 23.1.